The van der Waals surface area contributed by atoms with Gasteiger partial charge < -0.3 is 15.0 Å². The van der Waals surface area contributed by atoms with E-state index in [2.05, 4.69) is 25.0 Å². The van der Waals surface area contributed by atoms with E-state index in [-0.39, 0.29) is 5.91 Å². The minimum absolute atomic E-state index is 0.353. The molecule has 1 aliphatic heterocycles. The first kappa shape index (κ1) is 18.4. The maximum atomic E-state index is 12.5. The molecule has 0 unspecified atom stereocenters. The third-order valence-corrected chi connectivity index (χ3v) is 6.39. The molecule has 1 aliphatic rings. The van der Waals surface area contributed by atoms with Crippen molar-refractivity contribution in [3.8, 4) is 0 Å². The van der Waals surface area contributed by atoms with Crippen molar-refractivity contribution in [3.63, 3.8) is 0 Å². The van der Waals surface area contributed by atoms with Crippen LogP contribution >= 0.6 is 0 Å². The molecular weight excluding hydrogens is 382 g/mol. The highest BCUT2D eigenvalue weighted by Crippen LogP contribution is 2.22. The molecule has 3 heterocycles. The van der Waals surface area contributed by atoms with Crippen LogP contribution in [0.2, 0.25) is 0 Å². The summed E-state index contributed by atoms with van der Waals surface area (Å²) in [5.74, 6) is -0.353. The second-order valence-electron chi connectivity index (χ2n) is 6.49. The minimum atomic E-state index is -3.52. The fourth-order valence-electron chi connectivity index (χ4n) is 3.05. The first-order valence-corrected chi connectivity index (χ1v) is 10.4. The number of imidazole rings is 1. The quantitative estimate of drug-likeness (QED) is 0.601. The predicted molar refractivity (Wildman–Crippen MR) is 105 cm³/mol. The molecule has 10 heteroatoms. The molecule has 9 nitrogen and oxygen atoms in total. The lowest BCUT2D eigenvalue weighted by Crippen LogP contribution is -2.33. The fraction of sp³-hybridized carbons (Fsp3) is 0.278. The van der Waals surface area contributed by atoms with Gasteiger partial charge in [-0.3, -0.25) is 9.52 Å². The highest BCUT2D eigenvalue weighted by molar-refractivity contribution is 7.93. The topological polar surface area (TPSA) is 126 Å². The van der Waals surface area contributed by atoms with E-state index in [1.165, 1.54) is 12.5 Å². The molecule has 0 aliphatic carbocycles. The van der Waals surface area contributed by atoms with Crippen molar-refractivity contribution in [2.24, 2.45) is 0 Å². The zero-order valence-electron chi connectivity index (χ0n) is 14.9. The number of aromatic amines is 1. The van der Waals surface area contributed by atoms with Crippen molar-refractivity contribution < 1.29 is 17.9 Å². The number of carbonyl (C=O) groups excluding carboxylic acids is 1. The number of ether oxygens (including phenoxy) is 1. The van der Waals surface area contributed by atoms with Crippen LogP contribution < -0.4 is 10.0 Å². The Morgan fingerprint density at radius 3 is 2.75 bits per heavy atom. The monoisotopic (exact) mass is 401 g/mol. The molecule has 1 fully saturated rings. The number of aromatic nitrogens is 3. The van der Waals surface area contributed by atoms with Crippen LogP contribution in [0.1, 0.15) is 23.2 Å². The molecule has 3 N–H and O–H groups in total. The lowest BCUT2D eigenvalue weighted by Gasteiger charge is -2.22. The number of anilines is 2. The number of sulfonamides is 1. The summed E-state index contributed by atoms with van der Waals surface area (Å²) in [7, 11) is -3.52. The maximum Gasteiger partial charge on any atom is 0.257 e. The van der Waals surface area contributed by atoms with Gasteiger partial charge in [-0.2, -0.15) is 0 Å². The van der Waals surface area contributed by atoms with Crippen LogP contribution in [-0.4, -0.2) is 47.7 Å². The zero-order chi connectivity index (χ0) is 19.6. The number of H-pyrrole nitrogens is 1. The van der Waals surface area contributed by atoms with Crippen LogP contribution in [0, 0.1) is 0 Å². The molecule has 1 aromatic carbocycles. The number of benzene rings is 1. The summed E-state index contributed by atoms with van der Waals surface area (Å²) in [6.45, 7) is 0.882. The molecule has 0 atom stereocenters. The van der Waals surface area contributed by atoms with Crippen molar-refractivity contribution in [2.75, 3.05) is 23.3 Å². The Bertz CT molecular complexity index is 1110. The first-order chi connectivity index (χ1) is 13.5. The third-order valence-electron chi connectivity index (χ3n) is 4.52. The highest BCUT2D eigenvalue weighted by Gasteiger charge is 2.27. The lowest BCUT2D eigenvalue weighted by molar-refractivity contribution is 0.0984. The molecule has 146 valence electrons. The van der Waals surface area contributed by atoms with Gasteiger partial charge in [0.15, 0.2) is 5.65 Å². The van der Waals surface area contributed by atoms with Gasteiger partial charge in [-0.1, -0.05) is 6.07 Å². The lowest BCUT2D eigenvalue weighted by atomic mass is 10.2. The van der Waals surface area contributed by atoms with Gasteiger partial charge in [-0.25, -0.2) is 18.4 Å². The fourth-order valence-corrected chi connectivity index (χ4v) is 4.49. The Morgan fingerprint density at radius 1 is 1.14 bits per heavy atom. The predicted octanol–water partition coefficient (Wildman–Crippen LogP) is 2.13. The zero-order valence-corrected chi connectivity index (χ0v) is 15.7. The van der Waals surface area contributed by atoms with Gasteiger partial charge in [0.25, 0.3) is 5.91 Å². The van der Waals surface area contributed by atoms with E-state index >= 15 is 0 Å². The average molecular weight is 401 g/mol. The number of hydrogen-bond donors (Lipinski definition) is 3. The van der Waals surface area contributed by atoms with Gasteiger partial charge in [0.1, 0.15) is 0 Å². The smallest absolute Gasteiger partial charge is 0.257 e. The van der Waals surface area contributed by atoms with Crippen LogP contribution in [-0.2, 0) is 14.8 Å². The van der Waals surface area contributed by atoms with Crippen molar-refractivity contribution in [1.29, 1.82) is 0 Å². The minimum Gasteiger partial charge on any atom is -0.381 e. The van der Waals surface area contributed by atoms with Crippen LogP contribution in [0.5, 0.6) is 0 Å². The standard InChI is InChI=1S/C18H19N5O4S/c24-18(12-8-16-17(19-10-12)21-11-20-16)22-13-2-1-3-14(9-13)23-28(25,26)15-4-6-27-7-5-15/h1-3,8-11,15,23H,4-7H2,(H,22,24)(H,19,20,21). The molecular formula is C18H19N5O4S. The van der Waals surface area contributed by atoms with E-state index in [1.807, 2.05) is 0 Å². The molecule has 1 amide bonds. The third kappa shape index (κ3) is 3.97. The number of nitrogens with zero attached hydrogens (tertiary/aromatic N) is 2. The SMILES string of the molecule is O=C(Nc1cccc(NS(=O)(=O)C2CCOCC2)c1)c1cnc2nc[nH]c2c1. The maximum absolute atomic E-state index is 12.5. The van der Waals surface area contributed by atoms with E-state index in [9.17, 15) is 13.2 Å². The number of rotatable bonds is 5. The second kappa shape index (κ2) is 7.56. The summed E-state index contributed by atoms with van der Waals surface area (Å²) in [5.41, 5.74) is 2.42. The highest BCUT2D eigenvalue weighted by atomic mass is 32.2. The van der Waals surface area contributed by atoms with E-state index in [0.717, 1.165) is 0 Å². The number of amides is 1. The van der Waals surface area contributed by atoms with Crippen molar-refractivity contribution in [3.05, 3.63) is 48.4 Å². The number of carbonyl (C=O) groups is 1. The number of pyridine rings is 1. The van der Waals surface area contributed by atoms with E-state index < -0.39 is 15.3 Å². The van der Waals surface area contributed by atoms with Gasteiger partial charge >= 0.3 is 0 Å². The summed E-state index contributed by atoms with van der Waals surface area (Å²) in [6, 6.07) is 8.24. The molecule has 0 saturated carbocycles. The van der Waals surface area contributed by atoms with Crippen LogP contribution in [0.25, 0.3) is 11.2 Å². The van der Waals surface area contributed by atoms with Crippen LogP contribution in [0.4, 0.5) is 11.4 Å². The summed E-state index contributed by atoms with van der Waals surface area (Å²) >= 11 is 0. The average Bonchev–Trinajstić information content (AvgIpc) is 3.16. The molecule has 2 aromatic heterocycles. The Labute approximate surface area is 161 Å². The van der Waals surface area contributed by atoms with Gasteiger partial charge in [-0.05, 0) is 37.1 Å². The van der Waals surface area contributed by atoms with E-state index in [4.69, 9.17) is 4.74 Å². The number of nitrogens with one attached hydrogen (secondary N) is 3. The molecule has 28 heavy (non-hydrogen) atoms. The van der Waals surface area contributed by atoms with Crippen LogP contribution in [0.15, 0.2) is 42.9 Å². The van der Waals surface area contributed by atoms with Crippen molar-refractivity contribution in [1.82, 2.24) is 15.0 Å². The normalized spacial score (nSPS) is 15.4. The van der Waals surface area contributed by atoms with E-state index in [1.54, 1.807) is 30.3 Å². The van der Waals surface area contributed by atoms with Gasteiger partial charge in [0.2, 0.25) is 10.0 Å². The van der Waals surface area contributed by atoms with Gasteiger partial charge in [0.05, 0.1) is 28.3 Å². The summed E-state index contributed by atoms with van der Waals surface area (Å²) in [4.78, 5) is 23.5. The first-order valence-electron chi connectivity index (χ1n) is 8.81. The van der Waals surface area contributed by atoms with Crippen LogP contribution in [0.3, 0.4) is 0 Å². The largest absolute Gasteiger partial charge is 0.381 e. The summed E-state index contributed by atoms with van der Waals surface area (Å²) in [5, 5.41) is 2.27. The van der Waals surface area contributed by atoms with Gasteiger partial charge in [-0.15, -0.1) is 0 Å². The molecule has 1 saturated heterocycles. The van der Waals surface area contributed by atoms with E-state index in [0.29, 0.717) is 54.2 Å². The Kier molecular flexibility index (Phi) is 4.97. The number of hydrogen-bond acceptors (Lipinski definition) is 6. The van der Waals surface area contributed by atoms with Gasteiger partial charge in [0, 0.05) is 25.1 Å². The summed E-state index contributed by atoms with van der Waals surface area (Å²) in [6.07, 6.45) is 3.88. The molecule has 0 bridgehead atoms. The Balaban J connectivity index is 1.48. The number of fused-ring (bicyclic) bond motifs is 1. The van der Waals surface area contributed by atoms with Crippen molar-refractivity contribution in [2.45, 2.75) is 18.1 Å². The summed E-state index contributed by atoms with van der Waals surface area (Å²) < 4.78 is 32.9. The second-order valence-corrected chi connectivity index (χ2v) is 8.45. The molecule has 0 radical (unpaired) electrons. The molecule has 4 rings (SSSR count). The Morgan fingerprint density at radius 2 is 1.93 bits per heavy atom. The molecule has 3 aromatic rings. The Hall–Kier alpha value is -2.98. The molecule has 0 spiro atoms. The van der Waals surface area contributed by atoms with Crippen molar-refractivity contribution >= 4 is 38.5 Å².